The lowest BCUT2D eigenvalue weighted by Crippen LogP contribution is -2.04. The molecule has 0 aliphatic rings. The van der Waals surface area contributed by atoms with Crippen LogP contribution in [0.4, 0.5) is 0 Å². The van der Waals surface area contributed by atoms with E-state index in [-0.39, 0.29) is 0 Å². The van der Waals surface area contributed by atoms with Crippen molar-refractivity contribution in [2.45, 2.75) is 26.8 Å². The van der Waals surface area contributed by atoms with Gasteiger partial charge in [-0.1, -0.05) is 20.3 Å². The predicted octanol–water partition coefficient (Wildman–Crippen LogP) is 3.56. The smallest absolute Gasteiger partial charge is 0.0991 e. The van der Waals surface area contributed by atoms with Gasteiger partial charge in [0.2, 0.25) is 0 Å². The monoisotopic (exact) mass is 212 g/mol. The van der Waals surface area contributed by atoms with Gasteiger partial charge in [0.1, 0.15) is 0 Å². The summed E-state index contributed by atoms with van der Waals surface area (Å²) in [6.45, 7) is 5.52. The summed E-state index contributed by atoms with van der Waals surface area (Å²) < 4.78 is 2.27. The van der Waals surface area contributed by atoms with Crippen molar-refractivity contribution in [3.63, 3.8) is 0 Å². The van der Waals surface area contributed by atoms with Crippen molar-refractivity contribution < 1.29 is 0 Å². The van der Waals surface area contributed by atoms with Crippen LogP contribution < -0.4 is 0 Å². The average molecular weight is 212 g/mol. The van der Waals surface area contributed by atoms with Gasteiger partial charge >= 0.3 is 0 Å². The van der Waals surface area contributed by atoms with Crippen molar-refractivity contribution in [3.05, 3.63) is 36.0 Å². The Balaban J connectivity index is 2.39. The summed E-state index contributed by atoms with van der Waals surface area (Å²) in [7, 11) is 0. The van der Waals surface area contributed by atoms with E-state index in [4.69, 9.17) is 5.26 Å². The van der Waals surface area contributed by atoms with Gasteiger partial charge < -0.3 is 4.57 Å². The molecule has 2 rings (SSSR count). The first-order valence-electron chi connectivity index (χ1n) is 5.73. The summed E-state index contributed by atoms with van der Waals surface area (Å²) in [5.74, 6) is 0.686. The second-order valence-electron chi connectivity index (χ2n) is 4.37. The molecule has 0 aliphatic heterocycles. The van der Waals surface area contributed by atoms with Crippen molar-refractivity contribution in [1.29, 1.82) is 5.26 Å². The molecule has 1 aromatic carbocycles. The highest BCUT2D eigenvalue weighted by Crippen LogP contribution is 2.19. The molecule has 0 saturated carbocycles. The Labute approximate surface area is 96.1 Å². The van der Waals surface area contributed by atoms with E-state index in [1.165, 1.54) is 11.9 Å². The van der Waals surface area contributed by atoms with E-state index < -0.39 is 0 Å². The first kappa shape index (κ1) is 10.8. The van der Waals surface area contributed by atoms with E-state index in [2.05, 4.69) is 36.7 Å². The van der Waals surface area contributed by atoms with Crippen molar-refractivity contribution in [1.82, 2.24) is 4.57 Å². The molecule has 1 atom stereocenters. The normalized spacial score (nSPS) is 12.6. The van der Waals surface area contributed by atoms with Crippen LogP contribution in [0.3, 0.4) is 0 Å². The Bertz CT molecular complexity index is 531. The second kappa shape index (κ2) is 4.40. The third-order valence-electron chi connectivity index (χ3n) is 3.11. The number of nitrogens with zero attached hydrogens (tertiary/aromatic N) is 2. The number of hydrogen-bond donors (Lipinski definition) is 0. The molecule has 2 heteroatoms. The fourth-order valence-electron chi connectivity index (χ4n) is 1.89. The van der Waals surface area contributed by atoms with E-state index in [1.54, 1.807) is 0 Å². The maximum absolute atomic E-state index is 8.83. The Morgan fingerprint density at radius 3 is 2.88 bits per heavy atom. The quantitative estimate of drug-likeness (QED) is 0.764. The zero-order chi connectivity index (χ0) is 11.5. The molecule has 0 radical (unpaired) electrons. The van der Waals surface area contributed by atoms with Gasteiger partial charge in [0.25, 0.3) is 0 Å². The molecule has 82 valence electrons. The Kier molecular flexibility index (Phi) is 2.96. The van der Waals surface area contributed by atoms with Crippen LogP contribution in [0.15, 0.2) is 30.5 Å². The lowest BCUT2D eigenvalue weighted by atomic mass is 10.1. The zero-order valence-electron chi connectivity index (χ0n) is 9.77. The molecule has 0 aliphatic carbocycles. The number of hydrogen-bond acceptors (Lipinski definition) is 1. The van der Waals surface area contributed by atoms with E-state index in [9.17, 15) is 0 Å². The molecule has 0 spiro atoms. The SMILES string of the molecule is CCC(C)Cn1ccc2cc(C#N)ccc21. The summed E-state index contributed by atoms with van der Waals surface area (Å²) in [6, 6.07) is 10.1. The first-order valence-corrected chi connectivity index (χ1v) is 5.73. The molecule has 0 bridgehead atoms. The van der Waals surface area contributed by atoms with Gasteiger partial charge in [-0.3, -0.25) is 0 Å². The molecule has 0 amide bonds. The number of fused-ring (bicyclic) bond motifs is 1. The number of rotatable bonds is 3. The van der Waals surface area contributed by atoms with E-state index in [0.717, 1.165) is 17.5 Å². The van der Waals surface area contributed by atoms with Crippen LogP contribution in [0.25, 0.3) is 10.9 Å². The molecule has 2 nitrogen and oxygen atoms in total. The minimum absolute atomic E-state index is 0.686. The summed E-state index contributed by atoms with van der Waals surface area (Å²) in [6.07, 6.45) is 3.30. The third kappa shape index (κ3) is 1.94. The van der Waals surface area contributed by atoms with Crippen LogP contribution in [0.2, 0.25) is 0 Å². The molecule has 1 unspecified atom stereocenters. The van der Waals surface area contributed by atoms with Gasteiger partial charge in [0.15, 0.2) is 0 Å². The molecule has 1 aromatic heterocycles. The molecule has 2 aromatic rings. The molecule has 1 heterocycles. The highest BCUT2D eigenvalue weighted by atomic mass is 15.0. The van der Waals surface area contributed by atoms with Gasteiger partial charge in [-0.2, -0.15) is 5.26 Å². The molecule has 0 N–H and O–H groups in total. The van der Waals surface area contributed by atoms with Gasteiger partial charge in [-0.25, -0.2) is 0 Å². The third-order valence-corrected chi connectivity index (χ3v) is 3.11. The van der Waals surface area contributed by atoms with E-state index in [1.807, 2.05) is 18.2 Å². The van der Waals surface area contributed by atoms with Crippen molar-refractivity contribution >= 4 is 10.9 Å². The van der Waals surface area contributed by atoms with Gasteiger partial charge in [-0.15, -0.1) is 0 Å². The van der Waals surface area contributed by atoms with E-state index >= 15 is 0 Å². The Morgan fingerprint density at radius 1 is 1.38 bits per heavy atom. The predicted molar refractivity (Wildman–Crippen MR) is 66.1 cm³/mol. The molecule has 0 fully saturated rings. The Hall–Kier alpha value is -1.75. The molecule has 16 heavy (non-hydrogen) atoms. The summed E-state index contributed by atoms with van der Waals surface area (Å²) in [5.41, 5.74) is 1.95. The number of benzene rings is 1. The standard InChI is InChI=1S/C14H16N2/c1-3-11(2)10-16-7-6-13-8-12(9-15)4-5-14(13)16/h4-8,11H,3,10H2,1-2H3. The number of aromatic nitrogens is 1. The molecular formula is C14H16N2. The topological polar surface area (TPSA) is 28.7 Å². The van der Waals surface area contributed by atoms with Crippen LogP contribution in [-0.2, 0) is 6.54 Å². The average Bonchev–Trinajstić information content (AvgIpc) is 2.71. The van der Waals surface area contributed by atoms with Crippen molar-refractivity contribution in [2.24, 2.45) is 5.92 Å². The fourth-order valence-corrected chi connectivity index (χ4v) is 1.89. The van der Waals surface area contributed by atoms with Crippen LogP contribution >= 0.6 is 0 Å². The van der Waals surface area contributed by atoms with Crippen molar-refractivity contribution in [3.8, 4) is 6.07 Å². The van der Waals surface area contributed by atoms with E-state index in [0.29, 0.717) is 5.92 Å². The Morgan fingerprint density at radius 2 is 2.19 bits per heavy atom. The minimum atomic E-state index is 0.686. The van der Waals surface area contributed by atoms with Gasteiger partial charge in [0.05, 0.1) is 11.6 Å². The lowest BCUT2D eigenvalue weighted by molar-refractivity contribution is 0.477. The second-order valence-corrected chi connectivity index (χ2v) is 4.37. The fraction of sp³-hybridized carbons (Fsp3) is 0.357. The number of nitriles is 1. The van der Waals surface area contributed by atoms with Crippen LogP contribution in [0, 0.1) is 17.2 Å². The van der Waals surface area contributed by atoms with Crippen LogP contribution in [-0.4, -0.2) is 4.57 Å². The lowest BCUT2D eigenvalue weighted by Gasteiger charge is -2.10. The summed E-state index contributed by atoms with van der Waals surface area (Å²) in [5, 5.41) is 9.99. The molecular weight excluding hydrogens is 196 g/mol. The van der Waals surface area contributed by atoms with Gasteiger partial charge in [0, 0.05) is 23.6 Å². The van der Waals surface area contributed by atoms with Gasteiger partial charge in [-0.05, 0) is 30.2 Å². The maximum atomic E-state index is 8.83. The molecule has 0 saturated heterocycles. The largest absolute Gasteiger partial charge is 0.347 e. The van der Waals surface area contributed by atoms with Crippen LogP contribution in [0.1, 0.15) is 25.8 Å². The van der Waals surface area contributed by atoms with Crippen LogP contribution in [0.5, 0.6) is 0 Å². The van der Waals surface area contributed by atoms with Crippen molar-refractivity contribution in [2.75, 3.05) is 0 Å². The summed E-state index contributed by atoms with van der Waals surface area (Å²) >= 11 is 0. The first-order chi connectivity index (χ1) is 7.74. The minimum Gasteiger partial charge on any atom is -0.347 e. The highest BCUT2D eigenvalue weighted by molar-refractivity contribution is 5.81. The zero-order valence-corrected chi connectivity index (χ0v) is 9.77. The summed E-state index contributed by atoms with van der Waals surface area (Å²) in [4.78, 5) is 0. The highest BCUT2D eigenvalue weighted by Gasteiger charge is 2.05. The maximum Gasteiger partial charge on any atom is 0.0991 e.